The molecule has 0 heterocycles. The van der Waals surface area contributed by atoms with Gasteiger partial charge in [-0.1, -0.05) is 0 Å². The van der Waals surface area contributed by atoms with Crippen LogP contribution in [0.4, 0.5) is 0 Å². The van der Waals surface area contributed by atoms with E-state index < -0.39 is 28.0 Å². The molecule has 0 bridgehead atoms. The van der Waals surface area contributed by atoms with E-state index in [1.165, 1.54) is 0 Å². The maximum Gasteiger partial charge on any atom is 0.324 e. The Morgan fingerprint density at radius 1 is 1.18 bits per heavy atom. The largest absolute Gasteiger partial charge is 0.466 e. The van der Waals surface area contributed by atoms with Gasteiger partial charge in [0, 0.05) is 0 Å². The van der Waals surface area contributed by atoms with Crippen LogP contribution in [0.15, 0.2) is 0 Å². The Kier molecular flexibility index (Phi) is 6.74. The first-order chi connectivity index (χ1) is 7.80. The zero-order chi connectivity index (χ0) is 13.5. The Morgan fingerprint density at radius 3 is 2.12 bits per heavy atom. The SMILES string of the molecule is CCOC(=O)CC(NS(C)(=O)=O)C(=O)OCC. The molecule has 1 unspecified atom stereocenters. The van der Waals surface area contributed by atoms with Gasteiger partial charge in [0.25, 0.3) is 0 Å². The molecule has 0 aromatic rings. The molecule has 0 radical (unpaired) electrons. The van der Waals surface area contributed by atoms with Gasteiger partial charge < -0.3 is 9.47 Å². The van der Waals surface area contributed by atoms with Crippen LogP contribution in [0.3, 0.4) is 0 Å². The fourth-order valence-corrected chi connectivity index (χ4v) is 1.76. The summed E-state index contributed by atoms with van der Waals surface area (Å²) in [6.07, 6.45) is 0.504. The molecule has 8 heteroatoms. The van der Waals surface area contributed by atoms with E-state index in [0.717, 1.165) is 6.26 Å². The molecule has 0 spiro atoms. The van der Waals surface area contributed by atoms with Gasteiger partial charge in [-0.25, -0.2) is 13.1 Å². The normalized spacial score (nSPS) is 12.9. The number of sulfonamides is 1. The van der Waals surface area contributed by atoms with Gasteiger partial charge in [-0.3, -0.25) is 9.59 Å². The summed E-state index contributed by atoms with van der Waals surface area (Å²) in [6.45, 7) is 3.46. The van der Waals surface area contributed by atoms with Crippen LogP contribution >= 0.6 is 0 Å². The summed E-state index contributed by atoms with van der Waals surface area (Å²) in [4.78, 5) is 22.6. The number of nitrogens with one attached hydrogen (secondary N) is 1. The van der Waals surface area contributed by atoms with Crippen LogP contribution in [-0.4, -0.2) is 45.9 Å². The topological polar surface area (TPSA) is 98.8 Å². The highest BCUT2D eigenvalue weighted by Crippen LogP contribution is 2.00. The van der Waals surface area contributed by atoms with E-state index in [2.05, 4.69) is 9.47 Å². The van der Waals surface area contributed by atoms with Crippen LogP contribution < -0.4 is 4.72 Å². The summed E-state index contributed by atoms with van der Waals surface area (Å²) in [7, 11) is -3.61. The maximum atomic E-state index is 11.4. The van der Waals surface area contributed by atoms with Crippen molar-refractivity contribution in [2.45, 2.75) is 26.3 Å². The zero-order valence-electron chi connectivity index (χ0n) is 10.1. The van der Waals surface area contributed by atoms with Gasteiger partial charge in [0.15, 0.2) is 0 Å². The third-order valence-corrected chi connectivity index (χ3v) is 2.32. The van der Waals surface area contributed by atoms with Crippen LogP contribution in [0.5, 0.6) is 0 Å². The molecule has 0 aromatic heterocycles. The van der Waals surface area contributed by atoms with Crippen LogP contribution in [0.25, 0.3) is 0 Å². The smallest absolute Gasteiger partial charge is 0.324 e. The fourth-order valence-electron chi connectivity index (χ4n) is 1.06. The first-order valence-corrected chi connectivity index (χ1v) is 6.98. The first kappa shape index (κ1) is 15.9. The highest BCUT2D eigenvalue weighted by molar-refractivity contribution is 7.88. The van der Waals surface area contributed by atoms with Crippen molar-refractivity contribution in [3.8, 4) is 0 Å². The van der Waals surface area contributed by atoms with Gasteiger partial charge >= 0.3 is 11.9 Å². The van der Waals surface area contributed by atoms with Crippen molar-refractivity contribution in [2.75, 3.05) is 19.5 Å². The number of hydrogen-bond acceptors (Lipinski definition) is 6. The van der Waals surface area contributed by atoms with Crippen molar-refractivity contribution < 1.29 is 27.5 Å². The summed E-state index contributed by atoms with van der Waals surface area (Å²) >= 11 is 0. The van der Waals surface area contributed by atoms with Crippen LogP contribution in [0.2, 0.25) is 0 Å². The van der Waals surface area contributed by atoms with Gasteiger partial charge in [0.05, 0.1) is 25.9 Å². The molecule has 0 aliphatic heterocycles. The predicted molar refractivity (Wildman–Crippen MR) is 59.7 cm³/mol. The molecule has 0 aliphatic rings. The standard InChI is InChI=1S/C9H17NO6S/c1-4-15-8(11)6-7(9(12)16-5-2)10-17(3,13)14/h7,10H,4-6H2,1-3H3. The number of carbonyl (C=O) groups excluding carboxylic acids is 2. The second-order valence-corrected chi connectivity index (χ2v) is 4.98. The molecule has 0 amide bonds. The number of carbonyl (C=O) groups is 2. The summed E-state index contributed by atoms with van der Waals surface area (Å²) in [6, 6.07) is -1.25. The van der Waals surface area contributed by atoms with Gasteiger partial charge in [0.1, 0.15) is 6.04 Å². The number of esters is 2. The third kappa shape index (κ3) is 7.70. The minimum absolute atomic E-state index is 0.101. The second-order valence-electron chi connectivity index (χ2n) is 3.20. The molecule has 0 aromatic carbocycles. The van der Waals surface area contributed by atoms with Gasteiger partial charge in [-0.15, -0.1) is 0 Å². The van der Waals surface area contributed by atoms with Crippen molar-refractivity contribution in [3.63, 3.8) is 0 Å². The van der Waals surface area contributed by atoms with E-state index in [9.17, 15) is 18.0 Å². The van der Waals surface area contributed by atoms with Crippen molar-refractivity contribution in [3.05, 3.63) is 0 Å². The molecule has 0 fully saturated rings. The quantitative estimate of drug-likeness (QED) is 0.620. The van der Waals surface area contributed by atoms with Crippen molar-refractivity contribution in [2.24, 2.45) is 0 Å². The van der Waals surface area contributed by atoms with E-state index >= 15 is 0 Å². The van der Waals surface area contributed by atoms with E-state index in [-0.39, 0.29) is 19.6 Å². The molecular weight excluding hydrogens is 250 g/mol. The molecule has 0 saturated heterocycles. The highest BCUT2D eigenvalue weighted by Gasteiger charge is 2.26. The summed E-state index contributed by atoms with van der Waals surface area (Å²) in [5.41, 5.74) is 0. The average molecular weight is 267 g/mol. The molecule has 0 aliphatic carbocycles. The van der Waals surface area contributed by atoms with E-state index in [1.807, 2.05) is 4.72 Å². The lowest BCUT2D eigenvalue weighted by molar-refractivity contribution is -0.151. The lowest BCUT2D eigenvalue weighted by atomic mass is 10.2. The number of ether oxygens (including phenoxy) is 2. The lowest BCUT2D eigenvalue weighted by Crippen LogP contribution is -2.43. The zero-order valence-corrected chi connectivity index (χ0v) is 10.9. The van der Waals surface area contributed by atoms with Crippen LogP contribution in [0.1, 0.15) is 20.3 Å². The van der Waals surface area contributed by atoms with Gasteiger partial charge in [-0.05, 0) is 13.8 Å². The molecule has 7 nitrogen and oxygen atoms in total. The summed E-state index contributed by atoms with van der Waals surface area (Å²) in [5.74, 6) is -1.47. The van der Waals surface area contributed by atoms with E-state index in [4.69, 9.17) is 0 Å². The van der Waals surface area contributed by atoms with E-state index in [1.54, 1.807) is 13.8 Å². The molecule has 0 saturated carbocycles. The number of rotatable bonds is 7. The Balaban J connectivity index is 4.62. The first-order valence-electron chi connectivity index (χ1n) is 5.09. The molecular formula is C9H17NO6S. The highest BCUT2D eigenvalue weighted by atomic mass is 32.2. The van der Waals surface area contributed by atoms with Gasteiger partial charge in [0.2, 0.25) is 10.0 Å². The Hall–Kier alpha value is -1.15. The van der Waals surface area contributed by atoms with Crippen LogP contribution in [0, 0.1) is 0 Å². The Bertz CT molecular complexity index is 364. The van der Waals surface area contributed by atoms with Crippen LogP contribution in [-0.2, 0) is 29.1 Å². The fraction of sp³-hybridized carbons (Fsp3) is 0.778. The average Bonchev–Trinajstić information content (AvgIpc) is 2.15. The molecule has 1 atom stereocenters. The molecule has 1 N–H and O–H groups in total. The molecule has 0 rings (SSSR count). The Morgan fingerprint density at radius 2 is 1.71 bits per heavy atom. The predicted octanol–water partition coefficient (Wildman–Crippen LogP) is -0.579. The minimum atomic E-state index is -3.61. The van der Waals surface area contributed by atoms with Crippen molar-refractivity contribution >= 4 is 22.0 Å². The van der Waals surface area contributed by atoms with Crippen molar-refractivity contribution in [1.82, 2.24) is 4.72 Å². The Labute approximate surface area is 101 Å². The monoisotopic (exact) mass is 267 g/mol. The summed E-state index contributed by atoms with van der Waals surface area (Å²) < 4.78 is 33.4. The molecule has 17 heavy (non-hydrogen) atoms. The van der Waals surface area contributed by atoms with Gasteiger partial charge in [-0.2, -0.15) is 0 Å². The number of hydrogen-bond donors (Lipinski definition) is 1. The summed E-state index contributed by atoms with van der Waals surface area (Å²) in [5, 5.41) is 0. The second kappa shape index (κ2) is 7.23. The van der Waals surface area contributed by atoms with Crippen molar-refractivity contribution in [1.29, 1.82) is 0 Å². The van der Waals surface area contributed by atoms with E-state index in [0.29, 0.717) is 0 Å². The minimum Gasteiger partial charge on any atom is -0.466 e. The molecule has 100 valence electrons. The third-order valence-electron chi connectivity index (χ3n) is 1.60. The lowest BCUT2D eigenvalue weighted by Gasteiger charge is -2.14. The maximum absolute atomic E-state index is 11.4.